The van der Waals surface area contributed by atoms with Crippen LogP contribution >= 0.6 is 0 Å². The molecule has 0 aromatic heterocycles. The molecule has 0 aliphatic heterocycles. The Morgan fingerprint density at radius 1 is 0.545 bits per heavy atom. The Bertz CT molecular complexity index is 1070. The van der Waals surface area contributed by atoms with Crippen molar-refractivity contribution in [3.8, 4) is 0 Å². The average molecular weight is 480 g/mol. The minimum Gasteiger partial charge on any atom is -0.478 e. The van der Waals surface area contributed by atoms with Gasteiger partial charge in [0.15, 0.2) is 0 Å². The Balaban J connectivity index is 3.21. The van der Waals surface area contributed by atoms with E-state index in [2.05, 4.69) is 0 Å². The molecule has 0 heterocycles. The number of hydrogen-bond donors (Lipinski definition) is 4. The zero-order valence-corrected chi connectivity index (χ0v) is 15.7. The monoisotopic (exact) mass is 480 g/mol. The fraction of sp³-hybridized carbons (Fsp3) is 0.158. The Hall–Kier alpha value is -4.10. The van der Waals surface area contributed by atoms with Crippen molar-refractivity contribution in [3.05, 3.63) is 69.8 Å². The predicted molar refractivity (Wildman–Crippen MR) is 93.6 cm³/mol. The lowest BCUT2D eigenvalue weighted by atomic mass is 9.69. The molecule has 0 spiro atoms. The third kappa shape index (κ3) is 4.06. The van der Waals surface area contributed by atoms with Gasteiger partial charge in [-0.15, -0.1) is 0 Å². The molecule has 0 aliphatic carbocycles. The largest absolute Gasteiger partial charge is 0.478 e. The first-order chi connectivity index (χ1) is 15.0. The van der Waals surface area contributed by atoms with Crippen molar-refractivity contribution in [1.29, 1.82) is 0 Å². The molecule has 14 heteroatoms. The molecule has 0 aliphatic rings. The van der Waals surface area contributed by atoms with Crippen LogP contribution in [-0.2, 0) is 5.41 Å². The number of rotatable bonds is 6. The standard InChI is InChI=1S/C19H10F6O8/c20-18(21,22)17(19(23,24)25,11-3-1-7(13(26)27)5-9(11)15(30)31)12-4-2-8(14(28)29)6-10(12)16(32)33/h1-6H,(H,26,27)(H,28,29)(H,30,31)(H,32,33). The zero-order valence-electron chi connectivity index (χ0n) is 15.7. The van der Waals surface area contributed by atoms with Gasteiger partial charge in [-0.1, -0.05) is 12.1 Å². The maximum Gasteiger partial charge on any atom is 0.411 e. The number of aromatic carboxylic acids is 4. The SMILES string of the molecule is O=C(O)c1ccc(C(c2ccc(C(=O)O)cc2C(=O)O)(C(F)(F)F)C(F)(F)F)c(C(=O)O)c1. The van der Waals surface area contributed by atoms with Crippen LogP contribution in [-0.4, -0.2) is 56.7 Å². The maximum absolute atomic E-state index is 14.3. The highest BCUT2D eigenvalue weighted by Crippen LogP contribution is 2.57. The van der Waals surface area contributed by atoms with Crippen LogP contribution < -0.4 is 0 Å². The molecule has 0 amide bonds. The zero-order chi connectivity index (χ0) is 25.5. The predicted octanol–water partition coefficient (Wildman–Crippen LogP) is 3.89. The highest BCUT2D eigenvalue weighted by molar-refractivity contribution is 5.97. The third-order valence-corrected chi connectivity index (χ3v) is 4.65. The van der Waals surface area contributed by atoms with Gasteiger partial charge in [-0.3, -0.25) is 0 Å². The molecular weight excluding hydrogens is 470 g/mol. The van der Waals surface area contributed by atoms with Gasteiger partial charge in [0.1, 0.15) is 0 Å². The molecule has 0 atom stereocenters. The molecule has 0 saturated heterocycles. The quantitative estimate of drug-likeness (QED) is 0.455. The smallest absolute Gasteiger partial charge is 0.411 e. The molecule has 2 aromatic carbocycles. The summed E-state index contributed by atoms with van der Waals surface area (Å²) in [6.45, 7) is 0. The minimum atomic E-state index is -6.42. The molecule has 4 N–H and O–H groups in total. The van der Waals surface area contributed by atoms with Gasteiger partial charge >= 0.3 is 36.2 Å². The van der Waals surface area contributed by atoms with E-state index in [1.807, 2.05) is 0 Å². The minimum absolute atomic E-state index is 0.0232. The second-order valence-electron chi connectivity index (χ2n) is 6.49. The van der Waals surface area contributed by atoms with Gasteiger partial charge < -0.3 is 20.4 Å². The van der Waals surface area contributed by atoms with Crippen LogP contribution in [0.25, 0.3) is 0 Å². The Morgan fingerprint density at radius 2 is 0.848 bits per heavy atom. The van der Waals surface area contributed by atoms with E-state index >= 15 is 0 Å². The molecule has 0 radical (unpaired) electrons. The second kappa shape index (κ2) is 8.11. The normalized spacial score (nSPS) is 12.3. The fourth-order valence-electron chi connectivity index (χ4n) is 3.28. The van der Waals surface area contributed by atoms with Crippen molar-refractivity contribution in [2.45, 2.75) is 17.8 Å². The summed E-state index contributed by atoms with van der Waals surface area (Å²) < 4.78 is 85.9. The number of carbonyl (C=O) groups is 4. The lowest BCUT2D eigenvalue weighted by Gasteiger charge is -2.39. The molecule has 0 saturated carbocycles. The Labute approximate surface area is 178 Å². The summed E-state index contributed by atoms with van der Waals surface area (Å²) in [7, 11) is 0. The van der Waals surface area contributed by atoms with Crippen LogP contribution in [0.3, 0.4) is 0 Å². The number of hydrogen-bond acceptors (Lipinski definition) is 4. The summed E-state index contributed by atoms with van der Waals surface area (Å²) in [5, 5.41) is 36.5. The van der Waals surface area contributed by atoms with Crippen molar-refractivity contribution in [3.63, 3.8) is 0 Å². The molecule has 0 bridgehead atoms. The van der Waals surface area contributed by atoms with Crippen LogP contribution in [0.15, 0.2) is 36.4 Å². The first-order valence-corrected chi connectivity index (χ1v) is 8.32. The first-order valence-electron chi connectivity index (χ1n) is 8.32. The van der Waals surface area contributed by atoms with Crippen LogP contribution in [0.5, 0.6) is 0 Å². The van der Waals surface area contributed by atoms with E-state index in [1.54, 1.807) is 0 Å². The van der Waals surface area contributed by atoms with E-state index in [0.717, 1.165) is 0 Å². The Morgan fingerprint density at radius 3 is 1.06 bits per heavy atom. The molecule has 2 rings (SSSR count). The van der Waals surface area contributed by atoms with Gasteiger partial charge in [0.25, 0.3) is 0 Å². The molecule has 0 unspecified atom stereocenters. The van der Waals surface area contributed by atoms with Gasteiger partial charge in [-0.2, -0.15) is 26.3 Å². The molecular formula is C19H10F6O8. The van der Waals surface area contributed by atoms with E-state index in [1.165, 1.54) is 0 Å². The highest BCUT2D eigenvalue weighted by atomic mass is 19.4. The molecule has 176 valence electrons. The van der Waals surface area contributed by atoms with Gasteiger partial charge in [0, 0.05) is 0 Å². The van der Waals surface area contributed by atoms with Gasteiger partial charge in [-0.05, 0) is 35.4 Å². The summed E-state index contributed by atoms with van der Waals surface area (Å²) in [6.07, 6.45) is -12.8. The summed E-state index contributed by atoms with van der Waals surface area (Å²) in [6, 6.07) is 0.677. The lowest BCUT2D eigenvalue weighted by molar-refractivity contribution is -0.288. The summed E-state index contributed by atoms with van der Waals surface area (Å²) >= 11 is 0. The summed E-state index contributed by atoms with van der Waals surface area (Å²) in [4.78, 5) is 45.3. The van der Waals surface area contributed by atoms with E-state index < -0.39 is 75.0 Å². The number of alkyl halides is 6. The van der Waals surface area contributed by atoms with Crippen LogP contribution in [0.4, 0.5) is 26.3 Å². The molecule has 33 heavy (non-hydrogen) atoms. The van der Waals surface area contributed by atoms with Gasteiger partial charge in [0.05, 0.1) is 22.3 Å². The third-order valence-electron chi connectivity index (χ3n) is 4.65. The molecule has 2 aromatic rings. The fourth-order valence-corrected chi connectivity index (χ4v) is 3.28. The average Bonchev–Trinajstić information content (AvgIpc) is 2.66. The highest BCUT2D eigenvalue weighted by Gasteiger charge is 2.74. The summed E-state index contributed by atoms with van der Waals surface area (Å²) in [5.41, 5.74) is -14.6. The topological polar surface area (TPSA) is 149 Å². The lowest BCUT2D eigenvalue weighted by Crippen LogP contribution is -2.56. The molecule has 8 nitrogen and oxygen atoms in total. The number of benzene rings is 2. The summed E-state index contributed by atoms with van der Waals surface area (Å²) in [5.74, 6) is -8.42. The van der Waals surface area contributed by atoms with Crippen LogP contribution in [0.1, 0.15) is 52.6 Å². The Kier molecular flexibility index (Phi) is 6.18. The van der Waals surface area contributed by atoms with Crippen molar-refractivity contribution in [2.24, 2.45) is 0 Å². The van der Waals surface area contributed by atoms with E-state index in [0.29, 0.717) is 12.1 Å². The van der Waals surface area contributed by atoms with Crippen molar-refractivity contribution in [1.82, 2.24) is 0 Å². The second-order valence-corrected chi connectivity index (χ2v) is 6.49. The van der Waals surface area contributed by atoms with Gasteiger partial charge in [-0.25, -0.2) is 19.2 Å². The van der Waals surface area contributed by atoms with Crippen LogP contribution in [0, 0.1) is 0 Å². The van der Waals surface area contributed by atoms with Crippen LogP contribution in [0.2, 0.25) is 0 Å². The number of carboxylic acid groups (broad SMARTS) is 4. The van der Waals surface area contributed by atoms with E-state index in [4.69, 9.17) is 10.2 Å². The maximum atomic E-state index is 14.3. The van der Waals surface area contributed by atoms with E-state index in [9.17, 15) is 55.7 Å². The first kappa shape index (κ1) is 25.2. The van der Waals surface area contributed by atoms with Crippen molar-refractivity contribution >= 4 is 23.9 Å². The van der Waals surface area contributed by atoms with Gasteiger partial charge in [0.2, 0.25) is 5.41 Å². The number of carboxylic acids is 4. The van der Waals surface area contributed by atoms with Crippen molar-refractivity contribution in [2.75, 3.05) is 0 Å². The number of halogens is 6. The van der Waals surface area contributed by atoms with E-state index in [-0.39, 0.29) is 24.3 Å². The van der Waals surface area contributed by atoms with Crippen molar-refractivity contribution < 1.29 is 65.9 Å². The molecule has 0 fully saturated rings.